The summed E-state index contributed by atoms with van der Waals surface area (Å²) in [4.78, 5) is 26.7. The molecule has 1 aliphatic heterocycles. The van der Waals surface area contributed by atoms with Crippen molar-refractivity contribution in [3.8, 4) is 5.75 Å². The summed E-state index contributed by atoms with van der Waals surface area (Å²) in [5.41, 5.74) is 3.79. The number of amides is 2. The Hall–Kier alpha value is -3.85. The van der Waals surface area contributed by atoms with Crippen LogP contribution in [0.1, 0.15) is 34.3 Å². The number of methoxy groups -OCH3 is 1. The first-order chi connectivity index (χ1) is 16.7. The van der Waals surface area contributed by atoms with Gasteiger partial charge in [0.2, 0.25) is 5.91 Å². The molecule has 0 saturated carbocycles. The molecular weight excluding hydrogens is 466 g/mol. The minimum Gasteiger partial charge on any atom is -0.494 e. The molecule has 8 nitrogen and oxygen atoms in total. The highest BCUT2D eigenvalue weighted by Crippen LogP contribution is 2.34. The van der Waals surface area contributed by atoms with Crippen molar-refractivity contribution in [2.24, 2.45) is 0 Å². The van der Waals surface area contributed by atoms with E-state index in [1.165, 1.54) is 19.2 Å². The van der Waals surface area contributed by atoms with E-state index in [9.17, 15) is 18.0 Å². The Morgan fingerprint density at radius 2 is 1.66 bits per heavy atom. The molecule has 1 aliphatic rings. The number of hydrogen-bond acceptors (Lipinski definition) is 5. The number of aryl methyl sites for hydroxylation is 2. The number of carbonyl (C=O) groups is 2. The van der Waals surface area contributed by atoms with Crippen molar-refractivity contribution < 1.29 is 22.7 Å². The predicted octanol–water partition coefficient (Wildman–Crippen LogP) is 4.49. The van der Waals surface area contributed by atoms with Gasteiger partial charge in [0.05, 0.1) is 17.7 Å². The van der Waals surface area contributed by atoms with Crippen LogP contribution in [-0.4, -0.2) is 33.9 Å². The molecule has 4 rings (SSSR count). The first kappa shape index (κ1) is 24.3. The van der Waals surface area contributed by atoms with Crippen molar-refractivity contribution in [1.82, 2.24) is 0 Å². The van der Waals surface area contributed by atoms with Gasteiger partial charge in [-0.3, -0.25) is 14.3 Å². The molecule has 1 fully saturated rings. The predicted molar refractivity (Wildman–Crippen MR) is 136 cm³/mol. The van der Waals surface area contributed by atoms with Gasteiger partial charge < -0.3 is 15.0 Å². The molecule has 0 radical (unpaired) electrons. The lowest BCUT2D eigenvalue weighted by Crippen LogP contribution is -2.24. The molecule has 35 heavy (non-hydrogen) atoms. The van der Waals surface area contributed by atoms with E-state index in [1.807, 2.05) is 13.8 Å². The number of hydrogen-bond donors (Lipinski definition) is 2. The molecule has 3 aromatic rings. The fourth-order valence-corrected chi connectivity index (χ4v) is 5.01. The standard InChI is InChI=1S/C26H27N3O5S/c1-17-6-12-22(15-18(17)2)35(32,33)28-20-9-7-19(8-10-20)26(31)27-21-11-13-23(24(16-21)34-3)29-14-4-5-25(29)30/h6-13,15-16,28H,4-5,14H2,1-3H3,(H,27,31). The van der Waals surface area contributed by atoms with Crippen molar-refractivity contribution in [3.05, 3.63) is 77.4 Å². The molecule has 2 N–H and O–H groups in total. The zero-order chi connectivity index (χ0) is 25.2. The van der Waals surface area contributed by atoms with E-state index in [2.05, 4.69) is 10.0 Å². The Morgan fingerprint density at radius 1 is 0.943 bits per heavy atom. The number of benzene rings is 3. The van der Waals surface area contributed by atoms with E-state index in [-0.39, 0.29) is 16.7 Å². The van der Waals surface area contributed by atoms with Gasteiger partial charge in [-0.05, 0) is 79.9 Å². The lowest BCUT2D eigenvalue weighted by Gasteiger charge is -2.19. The van der Waals surface area contributed by atoms with Crippen LogP contribution in [0.3, 0.4) is 0 Å². The second-order valence-electron chi connectivity index (χ2n) is 8.42. The topological polar surface area (TPSA) is 105 Å². The number of nitrogens with zero attached hydrogens (tertiary/aromatic N) is 1. The number of ether oxygens (including phenoxy) is 1. The van der Waals surface area contributed by atoms with E-state index in [0.29, 0.717) is 41.3 Å². The van der Waals surface area contributed by atoms with Crippen LogP contribution >= 0.6 is 0 Å². The molecule has 0 unspecified atom stereocenters. The molecule has 9 heteroatoms. The van der Waals surface area contributed by atoms with Crippen molar-refractivity contribution >= 4 is 38.9 Å². The number of carbonyl (C=O) groups excluding carboxylic acids is 2. The minimum absolute atomic E-state index is 0.0494. The van der Waals surface area contributed by atoms with Gasteiger partial charge in [-0.2, -0.15) is 0 Å². The fraction of sp³-hybridized carbons (Fsp3) is 0.231. The van der Waals surface area contributed by atoms with Gasteiger partial charge in [0, 0.05) is 36.0 Å². The molecule has 1 heterocycles. The molecule has 1 saturated heterocycles. The quantitative estimate of drug-likeness (QED) is 0.505. The average Bonchev–Trinajstić information content (AvgIpc) is 3.26. The van der Waals surface area contributed by atoms with E-state index >= 15 is 0 Å². The number of sulfonamides is 1. The maximum atomic E-state index is 12.7. The fourth-order valence-electron chi connectivity index (χ4n) is 3.87. The molecule has 0 bridgehead atoms. The number of anilines is 3. The zero-order valence-corrected chi connectivity index (χ0v) is 20.6. The van der Waals surface area contributed by atoms with Crippen LogP contribution in [0.5, 0.6) is 5.75 Å². The van der Waals surface area contributed by atoms with Crippen molar-refractivity contribution in [1.29, 1.82) is 0 Å². The van der Waals surface area contributed by atoms with Crippen LogP contribution in [-0.2, 0) is 14.8 Å². The second-order valence-corrected chi connectivity index (χ2v) is 10.1. The molecule has 0 atom stereocenters. The van der Waals surface area contributed by atoms with Crippen LogP contribution in [0.15, 0.2) is 65.6 Å². The lowest BCUT2D eigenvalue weighted by atomic mass is 10.1. The molecular formula is C26H27N3O5S. The zero-order valence-electron chi connectivity index (χ0n) is 19.8. The highest BCUT2D eigenvalue weighted by atomic mass is 32.2. The molecule has 0 aliphatic carbocycles. The van der Waals surface area contributed by atoms with Gasteiger partial charge in [0.25, 0.3) is 15.9 Å². The van der Waals surface area contributed by atoms with Gasteiger partial charge in [-0.15, -0.1) is 0 Å². The third kappa shape index (κ3) is 5.30. The van der Waals surface area contributed by atoms with Crippen molar-refractivity contribution in [2.75, 3.05) is 28.6 Å². The third-order valence-electron chi connectivity index (χ3n) is 5.99. The van der Waals surface area contributed by atoms with Crippen LogP contribution in [0.2, 0.25) is 0 Å². The highest BCUT2D eigenvalue weighted by molar-refractivity contribution is 7.92. The summed E-state index contributed by atoms with van der Waals surface area (Å²) < 4.78 is 33.4. The summed E-state index contributed by atoms with van der Waals surface area (Å²) >= 11 is 0. The maximum Gasteiger partial charge on any atom is 0.261 e. The second kappa shape index (κ2) is 9.79. The van der Waals surface area contributed by atoms with Crippen LogP contribution < -0.4 is 19.7 Å². The van der Waals surface area contributed by atoms with Crippen molar-refractivity contribution in [3.63, 3.8) is 0 Å². The average molecular weight is 494 g/mol. The van der Waals surface area contributed by atoms with E-state index in [4.69, 9.17) is 4.74 Å². The molecule has 182 valence electrons. The van der Waals surface area contributed by atoms with Crippen LogP contribution in [0, 0.1) is 13.8 Å². The highest BCUT2D eigenvalue weighted by Gasteiger charge is 2.24. The Kier molecular flexibility index (Phi) is 6.79. The molecule has 2 amide bonds. The van der Waals surface area contributed by atoms with Gasteiger partial charge >= 0.3 is 0 Å². The van der Waals surface area contributed by atoms with Gasteiger partial charge in [0.15, 0.2) is 0 Å². The summed E-state index contributed by atoms with van der Waals surface area (Å²) in [7, 11) is -2.23. The lowest BCUT2D eigenvalue weighted by molar-refractivity contribution is -0.117. The molecule has 3 aromatic carbocycles. The van der Waals surface area contributed by atoms with Gasteiger partial charge in [-0.1, -0.05) is 6.07 Å². The SMILES string of the molecule is COc1cc(NC(=O)c2ccc(NS(=O)(=O)c3ccc(C)c(C)c3)cc2)ccc1N1CCCC1=O. The number of rotatable bonds is 7. The van der Waals surface area contributed by atoms with Crippen LogP contribution in [0.4, 0.5) is 17.1 Å². The van der Waals surface area contributed by atoms with Gasteiger partial charge in [0.1, 0.15) is 5.75 Å². The Balaban J connectivity index is 1.45. The minimum atomic E-state index is -3.75. The first-order valence-corrected chi connectivity index (χ1v) is 12.7. The van der Waals surface area contributed by atoms with E-state index in [1.54, 1.807) is 53.4 Å². The van der Waals surface area contributed by atoms with Crippen LogP contribution in [0.25, 0.3) is 0 Å². The Morgan fingerprint density at radius 3 is 2.29 bits per heavy atom. The van der Waals surface area contributed by atoms with E-state index in [0.717, 1.165) is 17.5 Å². The largest absolute Gasteiger partial charge is 0.494 e. The Labute approximate surface area is 205 Å². The summed E-state index contributed by atoms with van der Waals surface area (Å²) in [6, 6.07) is 16.3. The monoisotopic (exact) mass is 493 g/mol. The third-order valence-corrected chi connectivity index (χ3v) is 7.37. The van der Waals surface area contributed by atoms with Crippen molar-refractivity contribution in [2.45, 2.75) is 31.6 Å². The normalized spacial score (nSPS) is 13.6. The molecule has 0 spiro atoms. The number of nitrogens with one attached hydrogen (secondary N) is 2. The van der Waals surface area contributed by atoms with E-state index < -0.39 is 10.0 Å². The first-order valence-electron chi connectivity index (χ1n) is 11.2. The summed E-state index contributed by atoms with van der Waals surface area (Å²) in [6.07, 6.45) is 1.32. The maximum absolute atomic E-state index is 12.7. The Bertz CT molecular complexity index is 1380. The smallest absolute Gasteiger partial charge is 0.261 e. The van der Waals surface area contributed by atoms with Gasteiger partial charge in [-0.25, -0.2) is 8.42 Å². The molecule has 0 aromatic heterocycles. The summed E-state index contributed by atoms with van der Waals surface area (Å²) in [5, 5.41) is 2.81. The summed E-state index contributed by atoms with van der Waals surface area (Å²) in [5.74, 6) is 0.183. The summed E-state index contributed by atoms with van der Waals surface area (Å²) in [6.45, 7) is 4.42.